The standard InChI is InChI=1S/C6H18OSi2.C4H8O/c1-8(2,3)7-9(4,5)6;1-2-3-4-5/h1-6H3;2,5H,1,3-4H2. The van der Waals surface area contributed by atoms with Gasteiger partial charge in [-0.1, -0.05) is 6.08 Å². The summed E-state index contributed by atoms with van der Waals surface area (Å²) in [6.45, 7) is 17.1. The number of aliphatic hydroxyl groups is 1. The van der Waals surface area contributed by atoms with E-state index < -0.39 is 16.6 Å². The van der Waals surface area contributed by atoms with Crippen molar-refractivity contribution in [1.29, 1.82) is 0 Å². The van der Waals surface area contributed by atoms with Gasteiger partial charge >= 0.3 is 0 Å². The molecule has 0 unspecified atom stereocenters. The third kappa shape index (κ3) is 22.7. The van der Waals surface area contributed by atoms with Crippen LogP contribution in [0, 0.1) is 0 Å². The fourth-order valence-corrected chi connectivity index (χ4v) is 8.36. The van der Waals surface area contributed by atoms with Gasteiger partial charge < -0.3 is 9.22 Å². The molecule has 0 aromatic carbocycles. The van der Waals surface area contributed by atoms with Gasteiger partial charge in [-0.15, -0.1) is 6.58 Å². The van der Waals surface area contributed by atoms with Crippen LogP contribution in [0.4, 0.5) is 0 Å². The quantitative estimate of drug-likeness (QED) is 0.598. The molecule has 86 valence electrons. The zero-order valence-electron chi connectivity index (χ0n) is 10.6. The molecule has 0 spiro atoms. The Morgan fingerprint density at radius 2 is 1.43 bits per heavy atom. The van der Waals surface area contributed by atoms with Gasteiger partial charge in [-0.2, -0.15) is 0 Å². The first-order valence-corrected chi connectivity index (χ1v) is 11.9. The molecular weight excluding hydrogens is 208 g/mol. The summed E-state index contributed by atoms with van der Waals surface area (Å²) in [6, 6.07) is 0. The van der Waals surface area contributed by atoms with Gasteiger partial charge in [-0.05, 0) is 45.7 Å². The Balaban J connectivity index is 0. The highest BCUT2D eigenvalue weighted by Crippen LogP contribution is 2.12. The van der Waals surface area contributed by atoms with Gasteiger partial charge in [0.15, 0.2) is 16.6 Å². The maximum atomic E-state index is 8.00. The average Bonchev–Trinajstić information content (AvgIpc) is 1.81. The van der Waals surface area contributed by atoms with Crippen LogP contribution in [0.15, 0.2) is 12.7 Å². The van der Waals surface area contributed by atoms with Crippen LogP contribution in [0.1, 0.15) is 6.42 Å². The van der Waals surface area contributed by atoms with Crippen LogP contribution < -0.4 is 0 Å². The van der Waals surface area contributed by atoms with Crippen molar-refractivity contribution in [2.45, 2.75) is 45.7 Å². The minimum atomic E-state index is -1.23. The summed E-state index contributed by atoms with van der Waals surface area (Å²) in [4.78, 5) is 0. The molecule has 0 aromatic heterocycles. The Bertz CT molecular complexity index is 133. The minimum Gasteiger partial charge on any atom is -0.456 e. The van der Waals surface area contributed by atoms with Crippen molar-refractivity contribution in [3.05, 3.63) is 12.7 Å². The van der Waals surface area contributed by atoms with Gasteiger partial charge in [0.2, 0.25) is 0 Å². The maximum absolute atomic E-state index is 8.00. The van der Waals surface area contributed by atoms with E-state index in [0.717, 1.165) is 0 Å². The van der Waals surface area contributed by atoms with Crippen LogP contribution in [0.2, 0.25) is 39.3 Å². The lowest BCUT2D eigenvalue weighted by Crippen LogP contribution is -2.39. The van der Waals surface area contributed by atoms with E-state index in [9.17, 15) is 0 Å². The van der Waals surface area contributed by atoms with E-state index in [2.05, 4.69) is 45.9 Å². The monoisotopic (exact) mass is 234 g/mol. The Morgan fingerprint density at radius 3 is 1.43 bits per heavy atom. The molecule has 0 fully saturated rings. The highest BCUT2D eigenvalue weighted by molar-refractivity contribution is 6.83. The number of hydrogen-bond donors (Lipinski definition) is 1. The summed E-state index contributed by atoms with van der Waals surface area (Å²) in [5.41, 5.74) is 0. The lowest BCUT2D eigenvalue weighted by atomic mass is 10.5. The van der Waals surface area contributed by atoms with Crippen molar-refractivity contribution in [2.24, 2.45) is 0 Å². The molecule has 0 aliphatic heterocycles. The van der Waals surface area contributed by atoms with Crippen LogP contribution in [-0.2, 0) is 4.12 Å². The number of rotatable bonds is 4. The predicted molar refractivity (Wildman–Crippen MR) is 69.7 cm³/mol. The molecule has 0 saturated heterocycles. The largest absolute Gasteiger partial charge is 0.456 e. The molecule has 1 N–H and O–H groups in total. The van der Waals surface area contributed by atoms with E-state index in [0.29, 0.717) is 6.42 Å². The van der Waals surface area contributed by atoms with Crippen molar-refractivity contribution in [3.63, 3.8) is 0 Å². The number of hydrogen-bond acceptors (Lipinski definition) is 2. The molecular formula is C10H26O2Si2. The van der Waals surface area contributed by atoms with Crippen LogP contribution in [0.5, 0.6) is 0 Å². The Kier molecular flexibility index (Phi) is 8.73. The maximum Gasteiger partial charge on any atom is 0.170 e. The van der Waals surface area contributed by atoms with Crippen LogP contribution in [-0.4, -0.2) is 28.3 Å². The third-order valence-corrected chi connectivity index (χ3v) is 5.84. The molecule has 2 nitrogen and oxygen atoms in total. The van der Waals surface area contributed by atoms with Gasteiger partial charge in [-0.25, -0.2) is 0 Å². The molecule has 0 bridgehead atoms. The van der Waals surface area contributed by atoms with Crippen molar-refractivity contribution in [3.8, 4) is 0 Å². The van der Waals surface area contributed by atoms with Gasteiger partial charge in [0.1, 0.15) is 0 Å². The normalized spacial score (nSPS) is 11.6. The minimum absolute atomic E-state index is 0.226. The Hall–Kier alpha value is 0.0938. The lowest BCUT2D eigenvalue weighted by Gasteiger charge is -2.27. The van der Waals surface area contributed by atoms with E-state index >= 15 is 0 Å². The van der Waals surface area contributed by atoms with Crippen LogP contribution in [0.3, 0.4) is 0 Å². The highest BCUT2D eigenvalue weighted by Gasteiger charge is 2.24. The first kappa shape index (κ1) is 16.5. The first-order valence-electron chi connectivity index (χ1n) is 5.04. The smallest absolute Gasteiger partial charge is 0.170 e. The summed E-state index contributed by atoms with van der Waals surface area (Å²) in [5, 5.41) is 8.00. The van der Waals surface area contributed by atoms with Gasteiger partial charge in [0.25, 0.3) is 0 Å². The second-order valence-electron chi connectivity index (χ2n) is 5.13. The molecule has 4 heteroatoms. The second-order valence-corrected chi connectivity index (χ2v) is 14.4. The van der Waals surface area contributed by atoms with Crippen LogP contribution in [0.25, 0.3) is 0 Å². The average molecular weight is 234 g/mol. The van der Waals surface area contributed by atoms with Crippen LogP contribution >= 0.6 is 0 Å². The fraction of sp³-hybridized carbons (Fsp3) is 0.800. The molecule has 14 heavy (non-hydrogen) atoms. The van der Waals surface area contributed by atoms with E-state index in [1.54, 1.807) is 6.08 Å². The van der Waals surface area contributed by atoms with E-state index in [1.807, 2.05) is 0 Å². The molecule has 0 saturated carbocycles. The predicted octanol–water partition coefficient (Wildman–Crippen LogP) is 3.23. The van der Waals surface area contributed by atoms with Crippen molar-refractivity contribution < 1.29 is 9.22 Å². The van der Waals surface area contributed by atoms with Crippen molar-refractivity contribution in [2.75, 3.05) is 6.61 Å². The number of aliphatic hydroxyl groups excluding tert-OH is 1. The first-order chi connectivity index (χ1) is 6.12. The molecule has 0 aliphatic carbocycles. The van der Waals surface area contributed by atoms with Gasteiger partial charge in [0, 0.05) is 6.61 Å². The van der Waals surface area contributed by atoms with Gasteiger partial charge in [0.05, 0.1) is 0 Å². The summed E-state index contributed by atoms with van der Waals surface area (Å²) < 4.78 is 5.90. The molecule has 0 rings (SSSR count). The third-order valence-electron chi connectivity index (χ3n) is 0.946. The zero-order valence-corrected chi connectivity index (χ0v) is 12.6. The lowest BCUT2D eigenvalue weighted by molar-refractivity contribution is 0.303. The molecule has 0 radical (unpaired) electrons. The summed E-state index contributed by atoms with van der Waals surface area (Å²) >= 11 is 0. The molecule has 0 amide bonds. The highest BCUT2D eigenvalue weighted by atomic mass is 28.4. The second kappa shape index (κ2) is 7.39. The molecule has 0 aromatic rings. The van der Waals surface area contributed by atoms with E-state index in [4.69, 9.17) is 9.22 Å². The van der Waals surface area contributed by atoms with E-state index in [-0.39, 0.29) is 6.61 Å². The Labute approximate surface area is 91.3 Å². The summed E-state index contributed by atoms with van der Waals surface area (Å²) in [6.07, 6.45) is 2.39. The molecule has 0 atom stereocenters. The van der Waals surface area contributed by atoms with Crippen molar-refractivity contribution in [1.82, 2.24) is 0 Å². The van der Waals surface area contributed by atoms with Crippen molar-refractivity contribution >= 4 is 16.6 Å². The molecule has 0 heterocycles. The SMILES string of the molecule is C=CCCO.C[Si](C)(C)O[Si](C)(C)C. The van der Waals surface area contributed by atoms with E-state index in [1.165, 1.54) is 0 Å². The van der Waals surface area contributed by atoms with Gasteiger partial charge in [-0.3, -0.25) is 0 Å². The fourth-order valence-electron chi connectivity index (χ4n) is 1.01. The zero-order chi connectivity index (χ0) is 11.8. The topological polar surface area (TPSA) is 29.5 Å². The summed E-state index contributed by atoms with van der Waals surface area (Å²) in [7, 11) is -2.46. The Morgan fingerprint density at radius 1 is 1.07 bits per heavy atom. The molecule has 0 aliphatic rings. The summed E-state index contributed by atoms with van der Waals surface area (Å²) in [5.74, 6) is 0.